The molecular formula is C20H13F4N5O5S. The monoisotopic (exact) mass is 511 g/mol. The quantitative estimate of drug-likeness (QED) is 0.369. The number of amides is 1. The van der Waals surface area contributed by atoms with E-state index in [1.54, 1.807) is 4.72 Å². The number of sulfonamides is 1. The molecule has 10 nitrogen and oxygen atoms in total. The molecule has 0 bridgehead atoms. The van der Waals surface area contributed by atoms with Crippen LogP contribution in [0.1, 0.15) is 20.7 Å². The molecule has 1 aliphatic rings. The lowest BCUT2D eigenvalue weighted by Crippen LogP contribution is -2.25. The maximum absolute atomic E-state index is 15.3. The zero-order valence-electron chi connectivity index (χ0n) is 17.1. The van der Waals surface area contributed by atoms with E-state index in [4.69, 9.17) is 5.73 Å². The summed E-state index contributed by atoms with van der Waals surface area (Å²) in [5.74, 6) is -9.10. The van der Waals surface area contributed by atoms with E-state index in [0.29, 0.717) is 18.2 Å². The Hall–Kier alpha value is -4.40. The summed E-state index contributed by atoms with van der Waals surface area (Å²) in [5.41, 5.74) is 1.75. The van der Waals surface area contributed by atoms with E-state index in [9.17, 15) is 36.3 Å². The molecule has 2 aromatic carbocycles. The Bertz CT molecular complexity index is 1500. The fraction of sp³-hybridized carbons (Fsp3) is 0.0500. The highest BCUT2D eigenvalue weighted by Crippen LogP contribution is 2.42. The van der Waals surface area contributed by atoms with Gasteiger partial charge in [-0.3, -0.25) is 9.52 Å². The molecular weight excluding hydrogens is 498 g/mol. The van der Waals surface area contributed by atoms with Crippen molar-refractivity contribution in [1.82, 2.24) is 4.98 Å². The Morgan fingerprint density at radius 3 is 2.34 bits per heavy atom. The topological polar surface area (TPSA) is 155 Å². The van der Waals surface area contributed by atoms with Crippen molar-refractivity contribution in [2.24, 2.45) is 5.73 Å². The number of pyridine rings is 1. The second-order valence-corrected chi connectivity index (χ2v) is 8.74. The first-order valence-electron chi connectivity index (χ1n) is 9.45. The zero-order chi connectivity index (χ0) is 25.7. The predicted octanol–water partition coefficient (Wildman–Crippen LogP) is 2.76. The van der Waals surface area contributed by atoms with Crippen LogP contribution in [0.3, 0.4) is 0 Å². The smallest absolute Gasteiger partial charge is 0.337 e. The number of carboxylic acid groups (broad SMARTS) is 1. The van der Waals surface area contributed by atoms with Gasteiger partial charge in [-0.15, -0.1) is 0 Å². The molecule has 4 rings (SSSR count). The summed E-state index contributed by atoms with van der Waals surface area (Å²) >= 11 is 0. The van der Waals surface area contributed by atoms with Crippen LogP contribution in [0.15, 0.2) is 41.4 Å². The number of nitrogens with two attached hydrogens (primary N) is 1. The SMILES string of the molecule is NC(=O)c1c(F)cc(N2CNc3ncc(C(=O)O)cc32)c(NS(=O)(=O)c2c(F)cccc2F)c1F. The fourth-order valence-electron chi connectivity index (χ4n) is 3.43. The fourth-order valence-corrected chi connectivity index (χ4v) is 4.65. The van der Waals surface area contributed by atoms with Crippen molar-refractivity contribution in [1.29, 1.82) is 0 Å². The number of benzene rings is 2. The van der Waals surface area contributed by atoms with Gasteiger partial charge in [0.05, 0.1) is 23.6 Å². The lowest BCUT2D eigenvalue weighted by molar-refractivity contribution is 0.0696. The minimum Gasteiger partial charge on any atom is -0.478 e. The highest BCUT2D eigenvalue weighted by atomic mass is 32.2. The number of anilines is 4. The van der Waals surface area contributed by atoms with Gasteiger partial charge in [-0.05, 0) is 18.2 Å². The number of hydrogen-bond acceptors (Lipinski definition) is 7. The first-order valence-corrected chi connectivity index (χ1v) is 10.9. The first-order chi connectivity index (χ1) is 16.4. The van der Waals surface area contributed by atoms with Gasteiger partial charge in [0.1, 0.15) is 28.7 Å². The van der Waals surface area contributed by atoms with Crippen LogP contribution < -0.4 is 20.7 Å². The Morgan fingerprint density at radius 1 is 1.09 bits per heavy atom. The summed E-state index contributed by atoms with van der Waals surface area (Å²) in [6.45, 7) is -0.275. The summed E-state index contributed by atoms with van der Waals surface area (Å²) in [7, 11) is -5.17. The van der Waals surface area contributed by atoms with Crippen LogP contribution in [-0.2, 0) is 10.0 Å². The third-order valence-corrected chi connectivity index (χ3v) is 6.37. The number of hydrogen-bond donors (Lipinski definition) is 4. The molecule has 0 atom stereocenters. The molecule has 1 aromatic heterocycles. The molecule has 5 N–H and O–H groups in total. The van der Waals surface area contributed by atoms with Gasteiger partial charge in [0.2, 0.25) is 0 Å². The zero-order valence-corrected chi connectivity index (χ0v) is 18.0. The molecule has 1 amide bonds. The summed E-state index contributed by atoms with van der Waals surface area (Å²) in [5, 5.41) is 12.0. The number of halogens is 4. The van der Waals surface area contributed by atoms with Gasteiger partial charge >= 0.3 is 5.97 Å². The summed E-state index contributed by atoms with van der Waals surface area (Å²) < 4.78 is 85.6. The summed E-state index contributed by atoms with van der Waals surface area (Å²) in [6, 6.07) is 3.85. The van der Waals surface area contributed by atoms with Crippen LogP contribution in [0.2, 0.25) is 0 Å². The van der Waals surface area contributed by atoms with Gasteiger partial charge in [0, 0.05) is 12.3 Å². The minimum atomic E-state index is -5.17. The van der Waals surface area contributed by atoms with Gasteiger partial charge < -0.3 is 21.1 Å². The number of aromatic carboxylic acids is 1. The molecule has 35 heavy (non-hydrogen) atoms. The van der Waals surface area contributed by atoms with Crippen LogP contribution in [0.5, 0.6) is 0 Å². The maximum Gasteiger partial charge on any atom is 0.337 e. The number of nitrogens with zero attached hydrogens (tertiary/aromatic N) is 2. The Kier molecular flexibility index (Phi) is 5.72. The molecule has 15 heteroatoms. The van der Waals surface area contributed by atoms with Crippen molar-refractivity contribution >= 4 is 44.8 Å². The number of carbonyl (C=O) groups is 2. The van der Waals surface area contributed by atoms with Crippen molar-refractivity contribution in [2.75, 3.05) is 21.6 Å². The number of nitrogens with one attached hydrogen (secondary N) is 2. The Labute approximate surface area is 194 Å². The maximum atomic E-state index is 15.3. The second kappa shape index (κ2) is 8.43. The van der Waals surface area contributed by atoms with Crippen LogP contribution in [0.4, 0.5) is 40.4 Å². The number of carboxylic acids is 1. The molecule has 0 radical (unpaired) electrons. The van der Waals surface area contributed by atoms with Gasteiger partial charge in [-0.1, -0.05) is 6.07 Å². The van der Waals surface area contributed by atoms with Crippen molar-refractivity contribution in [3.8, 4) is 0 Å². The van der Waals surface area contributed by atoms with Gasteiger partial charge in [0.15, 0.2) is 16.5 Å². The van der Waals surface area contributed by atoms with Crippen molar-refractivity contribution < 1.29 is 40.7 Å². The highest BCUT2D eigenvalue weighted by Gasteiger charge is 2.33. The van der Waals surface area contributed by atoms with Crippen LogP contribution in [-0.4, -0.2) is 37.1 Å². The lowest BCUT2D eigenvalue weighted by atomic mass is 10.1. The average Bonchev–Trinajstić information content (AvgIpc) is 3.18. The van der Waals surface area contributed by atoms with E-state index in [2.05, 4.69) is 10.3 Å². The van der Waals surface area contributed by atoms with Gasteiger partial charge in [0.25, 0.3) is 15.9 Å². The van der Waals surface area contributed by atoms with E-state index in [1.807, 2.05) is 0 Å². The molecule has 0 saturated carbocycles. The number of carbonyl (C=O) groups excluding carboxylic acids is 1. The Morgan fingerprint density at radius 2 is 1.74 bits per heavy atom. The molecule has 0 unspecified atom stereocenters. The molecule has 0 spiro atoms. The van der Waals surface area contributed by atoms with Crippen molar-refractivity contribution in [3.05, 3.63) is 70.9 Å². The van der Waals surface area contributed by atoms with E-state index >= 15 is 4.39 Å². The van der Waals surface area contributed by atoms with Crippen LogP contribution in [0.25, 0.3) is 0 Å². The predicted molar refractivity (Wildman–Crippen MR) is 114 cm³/mol. The van der Waals surface area contributed by atoms with E-state index in [0.717, 1.165) is 23.2 Å². The number of aromatic nitrogens is 1. The minimum absolute atomic E-state index is 0.0203. The first kappa shape index (κ1) is 23.7. The largest absolute Gasteiger partial charge is 0.478 e. The second-order valence-electron chi connectivity index (χ2n) is 7.12. The molecule has 182 valence electrons. The van der Waals surface area contributed by atoms with E-state index < -0.39 is 67.0 Å². The van der Waals surface area contributed by atoms with Crippen LogP contribution in [0, 0.1) is 23.3 Å². The van der Waals surface area contributed by atoms with Gasteiger partial charge in [-0.25, -0.2) is 35.8 Å². The third-order valence-electron chi connectivity index (χ3n) is 4.97. The standard InChI is InChI=1S/C20H13F4N5O5S/c21-9-2-1-3-10(22)17(9)35(33,34)28-16-12(5-11(23)14(15(16)24)18(25)30)29-7-27-19-13(29)4-8(6-26-19)20(31)32/h1-6,28H,7H2,(H2,25,30)(H,26,27)(H,31,32). The van der Waals surface area contributed by atoms with Crippen molar-refractivity contribution in [3.63, 3.8) is 0 Å². The van der Waals surface area contributed by atoms with Crippen LogP contribution >= 0.6 is 0 Å². The van der Waals surface area contributed by atoms with Crippen molar-refractivity contribution in [2.45, 2.75) is 4.90 Å². The molecule has 0 saturated heterocycles. The lowest BCUT2D eigenvalue weighted by Gasteiger charge is -2.24. The number of primary amides is 1. The highest BCUT2D eigenvalue weighted by molar-refractivity contribution is 7.92. The third kappa shape index (κ3) is 4.05. The summed E-state index contributed by atoms with van der Waals surface area (Å²) in [4.78, 5) is 26.4. The normalized spacial score (nSPS) is 12.7. The van der Waals surface area contributed by atoms with E-state index in [-0.39, 0.29) is 23.7 Å². The van der Waals surface area contributed by atoms with Gasteiger partial charge in [-0.2, -0.15) is 0 Å². The Balaban J connectivity index is 1.94. The molecule has 3 aromatic rings. The number of rotatable bonds is 6. The molecule has 1 aliphatic heterocycles. The molecule has 0 fully saturated rings. The molecule has 0 aliphatic carbocycles. The number of fused-ring (bicyclic) bond motifs is 1. The molecule has 2 heterocycles. The van der Waals surface area contributed by atoms with E-state index in [1.165, 1.54) is 0 Å². The average molecular weight is 511 g/mol. The summed E-state index contributed by atoms with van der Waals surface area (Å²) in [6.07, 6.45) is 1.01.